The molecule has 2 aromatic rings. The number of carbonyl (C=O) groups is 1. The average Bonchev–Trinajstić information content (AvgIpc) is 2.88. The van der Waals surface area contributed by atoms with E-state index in [2.05, 4.69) is 10.5 Å². The van der Waals surface area contributed by atoms with Gasteiger partial charge in [-0.1, -0.05) is 5.16 Å². The topological polar surface area (TPSA) is 75.4 Å². The zero-order valence-electron chi connectivity index (χ0n) is 9.27. The molecule has 0 aliphatic heterocycles. The molecule has 0 saturated carbocycles. The first-order chi connectivity index (χ1) is 8.15. The van der Waals surface area contributed by atoms with E-state index in [0.29, 0.717) is 18.0 Å². The van der Waals surface area contributed by atoms with Crippen LogP contribution in [0, 0.1) is 6.92 Å². The molecule has 5 nitrogen and oxygen atoms in total. The number of aryl methyl sites for hydroxylation is 1. The summed E-state index contributed by atoms with van der Waals surface area (Å²) in [6.07, 6.45) is 0. The molecule has 0 saturated heterocycles. The van der Waals surface area contributed by atoms with Crippen LogP contribution in [0.4, 0.5) is 0 Å². The molecule has 2 heterocycles. The number of carboxylic acid groups (broad SMARTS) is 1. The van der Waals surface area contributed by atoms with Crippen molar-refractivity contribution in [1.82, 2.24) is 10.5 Å². The number of hydrogen-bond donors (Lipinski definition) is 2. The lowest BCUT2D eigenvalue weighted by molar-refractivity contribution is 0.0702. The molecule has 0 spiro atoms. The monoisotopic (exact) mass is 252 g/mol. The highest BCUT2D eigenvalue weighted by Gasteiger charge is 2.06. The van der Waals surface area contributed by atoms with E-state index in [-0.39, 0.29) is 0 Å². The summed E-state index contributed by atoms with van der Waals surface area (Å²) in [4.78, 5) is 12.0. The highest BCUT2D eigenvalue weighted by atomic mass is 32.1. The second-order valence-corrected chi connectivity index (χ2v) is 4.78. The fraction of sp³-hybridized carbons (Fsp3) is 0.273. The van der Waals surface area contributed by atoms with Crippen molar-refractivity contribution in [3.05, 3.63) is 39.4 Å². The van der Waals surface area contributed by atoms with Gasteiger partial charge in [-0.3, -0.25) is 0 Å². The largest absolute Gasteiger partial charge is 0.477 e. The van der Waals surface area contributed by atoms with Crippen LogP contribution in [0.25, 0.3) is 0 Å². The van der Waals surface area contributed by atoms with Crippen molar-refractivity contribution in [3.63, 3.8) is 0 Å². The van der Waals surface area contributed by atoms with E-state index >= 15 is 0 Å². The van der Waals surface area contributed by atoms with Crippen LogP contribution < -0.4 is 5.32 Å². The van der Waals surface area contributed by atoms with Crippen molar-refractivity contribution in [2.45, 2.75) is 20.0 Å². The Bertz CT molecular complexity index is 518. The molecule has 2 N–H and O–H groups in total. The van der Waals surface area contributed by atoms with Gasteiger partial charge >= 0.3 is 5.97 Å². The number of aromatic nitrogens is 1. The normalized spacial score (nSPS) is 10.6. The van der Waals surface area contributed by atoms with Gasteiger partial charge in [-0.25, -0.2) is 4.79 Å². The third-order valence-electron chi connectivity index (χ3n) is 2.15. The molecular weight excluding hydrogens is 240 g/mol. The number of nitrogens with one attached hydrogen (secondary N) is 1. The Morgan fingerprint density at radius 1 is 1.53 bits per heavy atom. The van der Waals surface area contributed by atoms with Crippen molar-refractivity contribution in [2.24, 2.45) is 0 Å². The van der Waals surface area contributed by atoms with Gasteiger partial charge in [0.25, 0.3) is 0 Å². The summed E-state index contributed by atoms with van der Waals surface area (Å²) >= 11 is 1.27. The maximum atomic E-state index is 10.7. The number of rotatable bonds is 5. The second-order valence-electron chi connectivity index (χ2n) is 3.61. The molecule has 0 amide bonds. The number of nitrogens with zero attached hydrogens (tertiary/aromatic N) is 1. The minimum absolute atomic E-state index is 0.359. The van der Waals surface area contributed by atoms with Crippen LogP contribution in [-0.2, 0) is 13.1 Å². The Morgan fingerprint density at radius 2 is 2.35 bits per heavy atom. The molecule has 17 heavy (non-hydrogen) atoms. The summed E-state index contributed by atoms with van der Waals surface area (Å²) in [5, 5.41) is 15.7. The summed E-state index contributed by atoms with van der Waals surface area (Å²) in [6, 6.07) is 5.29. The van der Waals surface area contributed by atoms with E-state index < -0.39 is 5.97 Å². The zero-order chi connectivity index (χ0) is 12.3. The van der Waals surface area contributed by atoms with Gasteiger partial charge in [0.15, 0.2) is 5.76 Å². The van der Waals surface area contributed by atoms with Crippen molar-refractivity contribution in [1.29, 1.82) is 0 Å². The molecule has 6 heteroatoms. The Morgan fingerprint density at radius 3 is 2.94 bits per heavy atom. The SMILES string of the molecule is Cc1cc(CNCc2ccc(C(=O)O)s2)on1. The van der Waals surface area contributed by atoms with Gasteiger partial charge in [0.1, 0.15) is 4.88 Å². The smallest absolute Gasteiger partial charge is 0.345 e. The summed E-state index contributed by atoms with van der Waals surface area (Å²) in [6.45, 7) is 3.07. The Kier molecular flexibility index (Phi) is 3.55. The Hall–Kier alpha value is -1.66. The maximum absolute atomic E-state index is 10.7. The van der Waals surface area contributed by atoms with Gasteiger partial charge in [0.05, 0.1) is 12.2 Å². The first-order valence-electron chi connectivity index (χ1n) is 5.10. The molecule has 2 rings (SSSR count). The average molecular weight is 252 g/mol. The van der Waals surface area contributed by atoms with Gasteiger partial charge in [-0.2, -0.15) is 0 Å². The van der Waals surface area contributed by atoms with Gasteiger partial charge in [-0.05, 0) is 19.1 Å². The standard InChI is InChI=1S/C11H12N2O3S/c1-7-4-8(16-13-7)5-12-6-9-2-3-10(17-9)11(14)15/h2-4,12H,5-6H2,1H3,(H,14,15). The Balaban J connectivity index is 1.83. The first kappa shape index (κ1) is 11.8. The lowest BCUT2D eigenvalue weighted by Crippen LogP contribution is -2.11. The first-order valence-corrected chi connectivity index (χ1v) is 5.92. The van der Waals surface area contributed by atoms with E-state index in [4.69, 9.17) is 9.63 Å². The predicted octanol–water partition coefficient (Wildman–Crippen LogP) is 2.03. The van der Waals surface area contributed by atoms with E-state index in [9.17, 15) is 4.79 Å². The van der Waals surface area contributed by atoms with Crippen molar-refractivity contribution < 1.29 is 14.4 Å². The molecule has 0 aromatic carbocycles. The predicted molar refractivity (Wildman–Crippen MR) is 63.1 cm³/mol. The van der Waals surface area contributed by atoms with Crippen LogP contribution >= 0.6 is 11.3 Å². The number of thiophene rings is 1. The van der Waals surface area contributed by atoms with Crippen LogP contribution in [0.15, 0.2) is 22.7 Å². The molecule has 0 atom stereocenters. The lowest BCUT2D eigenvalue weighted by atomic mass is 10.3. The maximum Gasteiger partial charge on any atom is 0.345 e. The summed E-state index contributed by atoms with van der Waals surface area (Å²) < 4.78 is 5.04. The van der Waals surface area contributed by atoms with E-state index in [0.717, 1.165) is 16.3 Å². The van der Waals surface area contributed by atoms with E-state index in [1.165, 1.54) is 11.3 Å². The summed E-state index contributed by atoms with van der Waals surface area (Å²) in [5.41, 5.74) is 0.853. The van der Waals surface area contributed by atoms with Crippen LogP contribution in [0.2, 0.25) is 0 Å². The fourth-order valence-electron chi connectivity index (χ4n) is 1.40. The van der Waals surface area contributed by atoms with Crippen LogP contribution in [-0.4, -0.2) is 16.2 Å². The van der Waals surface area contributed by atoms with Gasteiger partial charge in [0, 0.05) is 17.5 Å². The fourth-order valence-corrected chi connectivity index (χ4v) is 2.21. The van der Waals surface area contributed by atoms with Crippen LogP contribution in [0.3, 0.4) is 0 Å². The molecule has 0 aliphatic carbocycles. The van der Waals surface area contributed by atoms with E-state index in [1.807, 2.05) is 19.1 Å². The molecule has 90 valence electrons. The number of carboxylic acids is 1. The summed E-state index contributed by atoms with van der Waals surface area (Å²) in [5.74, 6) is -0.107. The van der Waals surface area contributed by atoms with E-state index in [1.54, 1.807) is 6.07 Å². The Labute approximate surface area is 102 Å². The number of aromatic carboxylic acids is 1. The van der Waals surface area contributed by atoms with Gasteiger partial charge < -0.3 is 14.9 Å². The molecule has 0 aliphatic rings. The molecule has 0 unspecified atom stereocenters. The molecule has 0 radical (unpaired) electrons. The minimum Gasteiger partial charge on any atom is -0.477 e. The third-order valence-corrected chi connectivity index (χ3v) is 3.22. The molecule has 2 aromatic heterocycles. The van der Waals surface area contributed by atoms with Crippen molar-refractivity contribution in [3.8, 4) is 0 Å². The minimum atomic E-state index is -0.882. The highest BCUT2D eigenvalue weighted by Crippen LogP contribution is 2.16. The van der Waals surface area contributed by atoms with Gasteiger partial charge in [-0.15, -0.1) is 11.3 Å². The van der Waals surface area contributed by atoms with Crippen molar-refractivity contribution >= 4 is 17.3 Å². The van der Waals surface area contributed by atoms with Gasteiger partial charge in [0.2, 0.25) is 0 Å². The lowest BCUT2D eigenvalue weighted by Gasteiger charge is -1.98. The summed E-state index contributed by atoms with van der Waals surface area (Å²) in [7, 11) is 0. The second kappa shape index (κ2) is 5.11. The van der Waals surface area contributed by atoms with Crippen LogP contribution in [0.5, 0.6) is 0 Å². The number of hydrogen-bond acceptors (Lipinski definition) is 5. The molecular formula is C11H12N2O3S. The van der Waals surface area contributed by atoms with Crippen molar-refractivity contribution in [2.75, 3.05) is 0 Å². The highest BCUT2D eigenvalue weighted by molar-refractivity contribution is 7.13. The quantitative estimate of drug-likeness (QED) is 0.851. The molecule has 0 bridgehead atoms. The third kappa shape index (κ3) is 3.15. The molecule has 0 fully saturated rings. The van der Waals surface area contributed by atoms with Crippen LogP contribution in [0.1, 0.15) is 26.0 Å². The zero-order valence-corrected chi connectivity index (χ0v) is 10.1.